The Bertz CT molecular complexity index is 358. The van der Waals surface area contributed by atoms with Gasteiger partial charge < -0.3 is 10.4 Å². The van der Waals surface area contributed by atoms with Crippen molar-refractivity contribution >= 4 is 17.4 Å². The van der Waals surface area contributed by atoms with Gasteiger partial charge in [0.2, 0.25) is 0 Å². The molecule has 0 radical (unpaired) electrons. The van der Waals surface area contributed by atoms with Gasteiger partial charge in [-0.3, -0.25) is 0 Å². The number of aliphatic hydroxyl groups is 1. The highest BCUT2D eigenvalue weighted by molar-refractivity contribution is 6.30. The number of hydrogen-bond donors (Lipinski definition) is 2. The quantitative estimate of drug-likeness (QED) is 0.582. The Morgan fingerprint density at radius 3 is 2.71 bits per heavy atom. The van der Waals surface area contributed by atoms with Crippen molar-refractivity contribution in [1.29, 1.82) is 0 Å². The van der Waals surface area contributed by atoms with Crippen molar-refractivity contribution < 1.29 is 5.11 Å². The number of nitrogens with one attached hydrogen (secondary N) is 1. The number of aromatic nitrogens is 2. The highest BCUT2D eigenvalue weighted by Crippen LogP contribution is 2.20. The van der Waals surface area contributed by atoms with Gasteiger partial charge in [0.05, 0.1) is 0 Å². The molecular formula is C12H20ClN3O. The minimum absolute atomic E-state index is 0.228. The van der Waals surface area contributed by atoms with E-state index >= 15 is 0 Å². The fourth-order valence-corrected chi connectivity index (χ4v) is 1.67. The van der Waals surface area contributed by atoms with Crippen LogP contribution in [0.4, 0.5) is 5.82 Å². The summed E-state index contributed by atoms with van der Waals surface area (Å²) in [5, 5.41) is 12.5. The monoisotopic (exact) mass is 257 g/mol. The highest BCUT2D eigenvalue weighted by atomic mass is 35.5. The Kier molecular flexibility index (Phi) is 6.22. The molecular weight excluding hydrogens is 238 g/mol. The molecule has 1 heterocycles. The number of aryl methyl sites for hydroxylation is 1. The van der Waals surface area contributed by atoms with Crippen LogP contribution in [0.25, 0.3) is 0 Å². The largest absolute Gasteiger partial charge is 0.396 e. The third-order valence-corrected chi connectivity index (χ3v) is 2.85. The Morgan fingerprint density at radius 2 is 2.06 bits per heavy atom. The number of nitrogens with zero attached hydrogens (tertiary/aromatic N) is 2. The lowest BCUT2D eigenvalue weighted by Crippen LogP contribution is -2.09. The molecule has 0 aliphatic heterocycles. The van der Waals surface area contributed by atoms with Crippen molar-refractivity contribution in [2.24, 2.45) is 0 Å². The molecule has 0 fully saturated rings. The molecule has 0 atom stereocenters. The number of halogens is 1. The predicted octanol–water partition coefficient (Wildman–Crippen LogP) is 2.58. The molecule has 17 heavy (non-hydrogen) atoms. The maximum Gasteiger partial charge on any atom is 0.137 e. The van der Waals surface area contributed by atoms with Crippen molar-refractivity contribution in [1.82, 2.24) is 9.97 Å². The van der Waals surface area contributed by atoms with Gasteiger partial charge in [0.1, 0.15) is 16.8 Å². The molecule has 0 saturated carbocycles. The van der Waals surface area contributed by atoms with Gasteiger partial charge >= 0.3 is 0 Å². The first-order valence-electron chi connectivity index (χ1n) is 6.06. The predicted molar refractivity (Wildman–Crippen MR) is 70.6 cm³/mol. The van der Waals surface area contributed by atoms with Gasteiger partial charge in [-0.1, -0.05) is 18.5 Å². The molecule has 0 spiro atoms. The average Bonchev–Trinajstić information content (AvgIpc) is 2.31. The first-order valence-corrected chi connectivity index (χ1v) is 6.44. The molecule has 1 rings (SSSR count). The molecule has 0 aromatic carbocycles. The lowest BCUT2D eigenvalue weighted by atomic mass is 10.2. The average molecular weight is 258 g/mol. The number of anilines is 1. The van der Waals surface area contributed by atoms with Crippen LogP contribution in [0.1, 0.15) is 37.6 Å². The van der Waals surface area contributed by atoms with Gasteiger partial charge in [-0.25, -0.2) is 9.97 Å². The van der Waals surface area contributed by atoms with E-state index in [2.05, 4.69) is 22.2 Å². The van der Waals surface area contributed by atoms with Gasteiger partial charge in [0.25, 0.3) is 0 Å². The number of unbranched alkanes of at least 4 members (excludes halogenated alkanes) is 1. The van der Waals surface area contributed by atoms with E-state index in [1.54, 1.807) is 0 Å². The van der Waals surface area contributed by atoms with Crippen LogP contribution in [-0.2, 0) is 6.42 Å². The van der Waals surface area contributed by atoms with E-state index < -0.39 is 0 Å². The molecule has 0 bridgehead atoms. The second kappa shape index (κ2) is 7.45. The summed E-state index contributed by atoms with van der Waals surface area (Å²) in [5.41, 5.74) is 0.885. The van der Waals surface area contributed by atoms with E-state index in [1.807, 2.05) is 6.92 Å². The van der Waals surface area contributed by atoms with Gasteiger partial charge in [-0.2, -0.15) is 0 Å². The Hall–Kier alpha value is -0.870. The van der Waals surface area contributed by atoms with Crippen molar-refractivity contribution in [3.63, 3.8) is 0 Å². The van der Waals surface area contributed by atoms with Crippen LogP contribution >= 0.6 is 11.6 Å². The zero-order chi connectivity index (χ0) is 12.7. The van der Waals surface area contributed by atoms with E-state index in [4.69, 9.17) is 16.7 Å². The number of aliphatic hydroxyl groups excluding tert-OH is 1. The van der Waals surface area contributed by atoms with Gasteiger partial charge in [0.15, 0.2) is 0 Å². The number of hydrogen-bond acceptors (Lipinski definition) is 4. The summed E-state index contributed by atoms with van der Waals surface area (Å²) in [7, 11) is 0. The SMILES string of the molecule is CCCc1nc(Cl)c(C)c(NCCCCO)n1. The van der Waals surface area contributed by atoms with E-state index in [-0.39, 0.29) is 6.61 Å². The lowest BCUT2D eigenvalue weighted by molar-refractivity contribution is 0.286. The highest BCUT2D eigenvalue weighted by Gasteiger charge is 2.08. The molecule has 4 nitrogen and oxygen atoms in total. The van der Waals surface area contributed by atoms with Crippen molar-refractivity contribution in [3.8, 4) is 0 Å². The Balaban J connectivity index is 2.68. The van der Waals surface area contributed by atoms with Crippen LogP contribution in [0, 0.1) is 6.92 Å². The summed E-state index contributed by atoms with van der Waals surface area (Å²) in [6, 6.07) is 0. The molecule has 0 saturated heterocycles. The van der Waals surface area contributed by atoms with E-state index in [9.17, 15) is 0 Å². The molecule has 1 aromatic rings. The second-order valence-corrected chi connectivity index (χ2v) is 4.37. The molecule has 0 amide bonds. The first-order chi connectivity index (χ1) is 8.19. The van der Waals surface area contributed by atoms with E-state index in [0.29, 0.717) is 5.15 Å². The number of rotatable bonds is 7. The maximum absolute atomic E-state index is 8.70. The van der Waals surface area contributed by atoms with Crippen LogP contribution in [-0.4, -0.2) is 28.2 Å². The molecule has 0 aliphatic carbocycles. The summed E-state index contributed by atoms with van der Waals surface area (Å²) < 4.78 is 0. The van der Waals surface area contributed by atoms with Crippen LogP contribution < -0.4 is 5.32 Å². The maximum atomic E-state index is 8.70. The zero-order valence-electron chi connectivity index (χ0n) is 10.5. The van der Waals surface area contributed by atoms with Crippen LogP contribution in [0.3, 0.4) is 0 Å². The summed E-state index contributed by atoms with van der Waals surface area (Å²) in [5.74, 6) is 1.60. The Morgan fingerprint density at radius 1 is 1.29 bits per heavy atom. The lowest BCUT2D eigenvalue weighted by Gasteiger charge is -2.10. The van der Waals surface area contributed by atoms with Crippen molar-refractivity contribution in [3.05, 3.63) is 16.5 Å². The van der Waals surface area contributed by atoms with Gasteiger partial charge in [-0.05, 0) is 26.2 Å². The minimum atomic E-state index is 0.228. The molecule has 0 aliphatic rings. The molecule has 2 N–H and O–H groups in total. The van der Waals surface area contributed by atoms with Crippen LogP contribution in [0.2, 0.25) is 5.15 Å². The van der Waals surface area contributed by atoms with E-state index in [1.165, 1.54) is 0 Å². The summed E-state index contributed by atoms with van der Waals surface area (Å²) in [4.78, 5) is 8.69. The topological polar surface area (TPSA) is 58.0 Å². The van der Waals surface area contributed by atoms with Crippen LogP contribution in [0.15, 0.2) is 0 Å². The van der Waals surface area contributed by atoms with Gasteiger partial charge in [0, 0.05) is 25.1 Å². The molecule has 0 unspecified atom stereocenters. The first kappa shape index (κ1) is 14.2. The summed E-state index contributed by atoms with van der Waals surface area (Å²) in [6.45, 7) is 5.02. The fraction of sp³-hybridized carbons (Fsp3) is 0.667. The van der Waals surface area contributed by atoms with E-state index in [0.717, 1.165) is 49.4 Å². The molecule has 5 heteroatoms. The smallest absolute Gasteiger partial charge is 0.137 e. The summed E-state index contributed by atoms with van der Waals surface area (Å²) >= 11 is 6.06. The standard InChI is InChI=1S/C12H20ClN3O/c1-3-6-10-15-11(13)9(2)12(16-10)14-7-4-5-8-17/h17H,3-8H2,1-2H3,(H,14,15,16). The van der Waals surface area contributed by atoms with Crippen LogP contribution in [0.5, 0.6) is 0 Å². The normalized spacial score (nSPS) is 10.6. The fourth-order valence-electron chi connectivity index (χ4n) is 1.48. The minimum Gasteiger partial charge on any atom is -0.396 e. The summed E-state index contributed by atoms with van der Waals surface area (Å²) in [6.07, 6.45) is 3.56. The Labute approximate surface area is 107 Å². The second-order valence-electron chi connectivity index (χ2n) is 4.01. The molecule has 1 aromatic heterocycles. The molecule has 96 valence electrons. The van der Waals surface area contributed by atoms with Crippen molar-refractivity contribution in [2.45, 2.75) is 39.5 Å². The van der Waals surface area contributed by atoms with Crippen molar-refractivity contribution in [2.75, 3.05) is 18.5 Å². The van der Waals surface area contributed by atoms with Gasteiger partial charge in [-0.15, -0.1) is 0 Å². The zero-order valence-corrected chi connectivity index (χ0v) is 11.2. The third kappa shape index (κ3) is 4.48. The third-order valence-electron chi connectivity index (χ3n) is 2.48.